The maximum absolute atomic E-state index is 5.74. The van der Waals surface area contributed by atoms with E-state index in [1.54, 1.807) is 0 Å². The lowest BCUT2D eigenvalue weighted by atomic mass is 10.2. The Labute approximate surface area is 86.9 Å². The summed E-state index contributed by atoms with van der Waals surface area (Å²) >= 11 is 3.84. The van der Waals surface area contributed by atoms with Crippen molar-refractivity contribution in [2.75, 3.05) is 5.75 Å². The number of hydrogen-bond donors (Lipinski definition) is 1. The van der Waals surface area contributed by atoms with Gasteiger partial charge >= 0.3 is 0 Å². The number of aromatic nitrogens is 1. The third-order valence-electron chi connectivity index (χ3n) is 2.03. The third-order valence-corrected chi connectivity index (χ3v) is 4.18. The molecule has 72 valence electrons. The normalized spacial score (nSPS) is 18.3. The first-order valence-corrected chi connectivity index (χ1v) is 6.53. The van der Waals surface area contributed by atoms with Crippen molar-refractivity contribution in [2.45, 2.75) is 31.6 Å². The fourth-order valence-corrected chi connectivity index (χ4v) is 3.81. The van der Waals surface area contributed by atoms with Gasteiger partial charge in [0.25, 0.3) is 0 Å². The van der Waals surface area contributed by atoms with Crippen LogP contribution in [0.2, 0.25) is 0 Å². The monoisotopic (exact) mass is 214 g/mol. The molecule has 1 unspecified atom stereocenters. The van der Waals surface area contributed by atoms with Gasteiger partial charge in [0.05, 0.1) is 10.7 Å². The van der Waals surface area contributed by atoms with Gasteiger partial charge in [-0.1, -0.05) is 0 Å². The Hall–Kier alpha value is -0.0600. The van der Waals surface area contributed by atoms with Gasteiger partial charge in [-0.2, -0.15) is 11.8 Å². The van der Waals surface area contributed by atoms with Crippen LogP contribution in [-0.4, -0.2) is 16.8 Å². The van der Waals surface area contributed by atoms with Gasteiger partial charge in [0.2, 0.25) is 0 Å². The first kappa shape index (κ1) is 9.49. The maximum Gasteiger partial charge on any atom is 0.0946 e. The quantitative estimate of drug-likeness (QED) is 0.816. The molecule has 1 aromatic heterocycles. The molecule has 0 radical (unpaired) electrons. The molecular weight excluding hydrogens is 200 g/mol. The Balaban J connectivity index is 2.15. The van der Waals surface area contributed by atoms with E-state index in [9.17, 15) is 0 Å². The van der Waals surface area contributed by atoms with Crippen molar-refractivity contribution < 1.29 is 0 Å². The van der Waals surface area contributed by atoms with Crippen LogP contribution in [0.3, 0.4) is 0 Å². The van der Waals surface area contributed by atoms with Crippen LogP contribution in [-0.2, 0) is 18.6 Å². The number of thioether (sulfide) groups is 1. The lowest BCUT2D eigenvalue weighted by Crippen LogP contribution is -2.17. The zero-order valence-corrected chi connectivity index (χ0v) is 9.38. The molecule has 0 fully saturated rings. The minimum absolute atomic E-state index is 0.236. The largest absolute Gasteiger partial charge is 0.328 e. The van der Waals surface area contributed by atoms with Gasteiger partial charge in [0.1, 0.15) is 0 Å². The number of fused-ring (bicyclic) bond motifs is 1. The Morgan fingerprint density at radius 2 is 2.46 bits per heavy atom. The molecule has 0 saturated heterocycles. The van der Waals surface area contributed by atoms with Crippen molar-refractivity contribution in [3.8, 4) is 0 Å². The number of hydrogen-bond acceptors (Lipinski definition) is 4. The Morgan fingerprint density at radius 3 is 3.15 bits per heavy atom. The fourth-order valence-electron chi connectivity index (χ4n) is 1.44. The maximum atomic E-state index is 5.74. The summed E-state index contributed by atoms with van der Waals surface area (Å²) in [6.45, 7) is 2.04. The SMILES string of the molecule is CC(N)Cc1nc2c(s1)CCSC2. The topological polar surface area (TPSA) is 38.9 Å². The van der Waals surface area contributed by atoms with Crippen molar-refractivity contribution in [3.63, 3.8) is 0 Å². The van der Waals surface area contributed by atoms with Crippen molar-refractivity contribution in [1.29, 1.82) is 0 Å². The predicted molar refractivity (Wildman–Crippen MR) is 59.3 cm³/mol. The molecule has 2 N–H and O–H groups in total. The average Bonchev–Trinajstić information content (AvgIpc) is 2.44. The number of nitrogens with two attached hydrogens (primary N) is 1. The van der Waals surface area contributed by atoms with Crippen molar-refractivity contribution >= 4 is 23.1 Å². The molecule has 2 rings (SSSR count). The highest BCUT2D eigenvalue weighted by Gasteiger charge is 2.15. The molecule has 0 saturated carbocycles. The molecule has 0 spiro atoms. The van der Waals surface area contributed by atoms with Crippen molar-refractivity contribution in [3.05, 3.63) is 15.6 Å². The molecule has 0 bridgehead atoms. The molecule has 0 amide bonds. The minimum atomic E-state index is 0.236. The lowest BCUT2D eigenvalue weighted by molar-refractivity contribution is 0.732. The minimum Gasteiger partial charge on any atom is -0.328 e. The first-order valence-electron chi connectivity index (χ1n) is 4.56. The first-order chi connectivity index (χ1) is 6.25. The smallest absolute Gasteiger partial charge is 0.0946 e. The van der Waals surface area contributed by atoms with E-state index >= 15 is 0 Å². The second kappa shape index (κ2) is 3.98. The molecule has 1 aromatic rings. The molecule has 2 nitrogen and oxygen atoms in total. The summed E-state index contributed by atoms with van der Waals surface area (Å²) in [4.78, 5) is 6.10. The average molecular weight is 214 g/mol. The number of nitrogens with zero attached hydrogens (tertiary/aromatic N) is 1. The van der Waals surface area contributed by atoms with Gasteiger partial charge in [0, 0.05) is 23.1 Å². The van der Waals surface area contributed by atoms with E-state index in [1.165, 1.54) is 27.8 Å². The lowest BCUT2D eigenvalue weighted by Gasteiger charge is -2.06. The number of thiazole rings is 1. The molecule has 4 heteroatoms. The molecule has 13 heavy (non-hydrogen) atoms. The highest BCUT2D eigenvalue weighted by atomic mass is 32.2. The van der Waals surface area contributed by atoms with Crippen LogP contribution >= 0.6 is 23.1 Å². The molecule has 2 heterocycles. The van der Waals surface area contributed by atoms with Gasteiger partial charge in [-0.25, -0.2) is 4.98 Å². The molecule has 0 aliphatic carbocycles. The summed E-state index contributed by atoms with van der Waals surface area (Å²) in [5.74, 6) is 2.36. The summed E-state index contributed by atoms with van der Waals surface area (Å²) in [6.07, 6.45) is 2.14. The zero-order chi connectivity index (χ0) is 9.26. The highest BCUT2D eigenvalue weighted by Crippen LogP contribution is 2.29. The Bertz CT molecular complexity index is 270. The third kappa shape index (κ3) is 2.24. The molecular formula is C9H14N2S2. The summed E-state index contributed by atoms with van der Waals surface area (Å²) < 4.78 is 0. The van der Waals surface area contributed by atoms with Crippen LogP contribution in [0.5, 0.6) is 0 Å². The van der Waals surface area contributed by atoms with Gasteiger partial charge in [-0.05, 0) is 19.1 Å². The van der Waals surface area contributed by atoms with E-state index in [0.29, 0.717) is 0 Å². The summed E-state index contributed by atoms with van der Waals surface area (Å²) in [7, 11) is 0. The second-order valence-corrected chi connectivity index (χ2v) is 5.73. The molecule has 1 aliphatic heterocycles. The van der Waals surface area contributed by atoms with Gasteiger partial charge in [-0.15, -0.1) is 11.3 Å². The summed E-state index contributed by atoms with van der Waals surface area (Å²) in [5, 5.41) is 1.22. The van der Waals surface area contributed by atoms with Gasteiger partial charge in [0.15, 0.2) is 0 Å². The van der Waals surface area contributed by atoms with Gasteiger partial charge in [-0.3, -0.25) is 0 Å². The van der Waals surface area contributed by atoms with Crippen LogP contribution in [0.1, 0.15) is 22.5 Å². The molecule has 0 aromatic carbocycles. The number of rotatable bonds is 2. The Kier molecular flexibility index (Phi) is 2.91. The zero-order valence-electron chi connectivity index (χ0n) is 7.75. The predicted octanol–water partition coefficient (Wildman–Crippen LogP) is 1.82. The van der Waals surface area contributed by atoms with Crippen LogP contribution < -0.4 is 5.73 Å². The van der Waals surface area contributed by atoms with E-state index in [2.05, 4.69) is 4.98 Å². The van der Waals surface area contributed by atoms with E-state index in [-0.39, 0.29) is 6.04 Å². The summed E-state index contributed by atoms with van der Waals surface area (Å²) in [6, 6.07) is 0.236. The van der Waals surface area contributed by atoms with Gasteiger partial charge < -0.3 is 5.73 Å². The van der Waals surface area contributed by atoms with Crippen molar-refractivity contribution in [2.24, 2.45) is 5.73 Å². The van der Waals surface area contributed by atoms with Crippen LogP contribution in [0.25, 0.3) is 0 Å². The standard InChI is InChI=1S/C9H14N2S2/c1-6(10)4-9-11-7-5-12-3-2-8(7)13-9/h6H,2-5,10H2,1H3. The van der Waals surface area contributed by atoms with E-state index in [1.807, 2.05) is 30.0 Å². The van der Waals surface area contributed by atoms with Crippen LogP contribution in [0.4, 0.5) is 0 Å². The highest BCUT2D eigenvalue weighted by molar-refractivity contribution is 7.98. The molecule has 1 aliphatic rings. The second-order valence-electron chi connectivity index (χ2n) is 3.46. The molecule has 1 atom stereocenters. The van der Waals surface area contributed by atoms with Crippen LogP contribution in [0, 0.1) is 0 Å². The fraction of sp³-hybridized carbons (Fsp3) is 0.667. The Morgan fingerprint density at radius 1 is 1.62 bits per heavy atom. The van der Waals surface area contributed by atoms with Crippen molar-refractivity contribution in [1.82, 2.24) is 4.98 Å². The summed E-state index contributed by atoms with van der Waals surface area (Å²) in [5.41, 5.74) is 7.06. The van der Waals surface area contributed by atoms with Crippen LogP contribution in [0.15, 0.2) is 0 Å². The van der Waals surface area contributed by atoms with E-state index < -0.39 is 0 Å². The van der Waals surface area contributed by atoms with E-state index in [4.69, 9.17) is 5.73 Å². The number of aryl methyl sites for hydroxylation is 1. The van der Waals surface area contributed by atoms with E-state index in [0.717, 1.165) is 12.2 Å².